The number of nitrogens with zero attached hydrogens (tertiary/aromatic N) is 19. The van der Waals surface area contributed by atoms with Gasteiger partial charge in [-0.2, -0.15) is 31.6 Å². The number of nitrogens with one attached hydrogen (secondary N) is 6. The summed E-state index contributed by atoms with van der Waals surface area (Å²) in [7, 11) is -5.19. The van der Waals surface area contributed by atoms with Gasteiger partial charge in [-0.25, -0.2) is 93.8 Å². The smallest absolute Gasteiger partial charge is 0.242 e. The van der Waals surface area contributed by atoms with E-state index in [0.717, 1.165) is 198 Å². The molecular formula is C112H77ClFN25O8S3. The van der Waals surface area contributed by atoms with Crippen molar-refractivity contribution in [1.29, 1.82) is 31.6 Å². The summed E-state index contributed by atoms with van der Waals surface area (Å²) < 4.78 is 90.9. The number of fused-ring (bicyclic) bond motifs is 18. The lowest BCUT2D eigenvalue weighted by Gasteiger charge is -2.11. The van der Waals surface area contributed by atoms with Crippen LogP contribution in [0, 0.1) is 80.7 Å². The minimum absolute atomic E-state index is 0.0248. The molecule has 0 atom stereocenters. The Kier molecular flexibility index (Phi) is 27.2. The lowest BCUT2D eigenvalue weighted by Crippen LogP contribution is -2.22. The zero-order valence-electron chi connectivity index (χ0n) is 80.2. The first-order valence-electron chi connectivity index (χ1n) is 45.6. The maximum atomic E-state index is 13.6. The van der Waals surface area contributed by atoms with E-state index < -0.39 is 29.7 Å². The fraction of sp³-hybridized carbons (Fsp3) is 0.0804. The quantitative estimate of drug-likeness (QED) is 0.0589. The molecule has 0 bridgehead atoms. The van der Waals surface area contributed by atoms with Gasteiger partial charge in [0.25, 0.3) is 0 Å². The highest BCUT2D eigenvalue weighted by atomic mass is 35.5. The van der Waals surface area contributed by atoms with E-state index in [2.05, 4.69) is 114 Å². The van der Waals surface area contributed by atoms with Crippen LogP contribution in [0.3, 0.4) is 0 Å². The van der Waals surface area contributed by atoms with Gasteiger partial charge in [0.15, 0.2) is 19.7 Å². The average molecular weight is 2050 g/mol. The van der Waals surface area contributed by atoms with E-state index >= 15 is 0 Å². The summed E-state index contributed by atoms with van der Waals surface area (Å²) >= 11 is 6.16. The minimum Gasteiger partial charge on any atom is -0.497 e. The number of nitriles is 6. The van der Waals surface area contributed by atoms with Crippen LogP contribution < -0.4 is 4.74 Å². The summed E-state index contributed by atoms with van der Waals surface area (Å²) in [6.45, 7) is 3.45. The maximum Gasteiger partial charge on any atom is 0.242 e. The molecule has 0 radical (unpaired) electrons. The zero-order valence-corrected chi connectivity index (χ0v) is 83.4. The molecule has 0 unspecified atom stereocenters. The number of pyridine rings is 12. The Balaban J connectivity index is 0.000000113. The van der Waals surface area contributed by atoms with Gasteiger partial charge in [-0.05, 0) is 191 Å². The Morgan fingerprint density at radius 3 is 0.940 bits per heavy atom. The van der Waals surface area contributed by atoms with Gasteiger partial charge < -0.3 is 34.6 Å². The van der Waals surface area contributed by atoms with E-state index in [1.54, 1.807) is 167 Å². The summed E-state index contributed by atoms with van der Waals surface area (Å²) in [4.78, 5) is 82.0. The minimum atomic E-state index is -3.46. The van der Waals surface area contributed by atoms with E-state index in [9.17, 15) is 34.4 Å². The number of hydrogen-bond acceptors (Lipinski definition) is 26. The van der Waals surface area contributed by atoms with Crippen molar-refractivity contribution >= 4 is 179 Å². The molecule has 18 aromatic heterocycles. The fourth-order valence-corrected chi connectivity index (χ4v) is 19.8. The van der Waals surface area contributed by atoms with Crippen molar-refractivity contribution in [3.05, 3.63) is 342 Å². The van der Waals surface area contributed by atoms with Gasteiger partial charge in [0.2, 0.25) is 10.0 Å². The van der Waals surface area contributed by atoms with E-state index in [4.69, 9.17) is 47.9 Å². The van der Waals surface area contributed by atoms with Gasteiger partial charge in [-0.15, -0.1) is 0 Å². The molecule has 0 aliphatic carbocycles. The summed E-state index contributed by atoms with van der Waals surface area (Å²) in [6.07, 6.45) is 23.2. The highest BCUT2D eigenvalue weighted by Crippen LogP contribution is 2.39. The highest BCUT2D eigenvalue weighted by Gasteiger charge is 2.22. The molecule has 0 fully saturated rings. The molecule has 0 aliphatic heterocycles. The van der Waals surface area contributed by atoms with Crippen molar-refractivity contribution in [3.63, 3.8) is 0 Å². The topological polar surface area (TPSA) is 524 Å². The molecular weight excluding hydrogens is 1970 g/mol. The van der Waals surface area contributed by atoms with Crippen molar-refractivity contribution < 1.29 is 39.2 Å². The third-order valence-electron chi connectivity index (χ3n) is 24.5. The lowest BCUT2D eigenvalue weighted by atomic mass is 10.0. The molecule has 150 heavy (non-hydrogen) atoms. The summed E-state index contributed by atoms with van der Waals surface area (Å²) in [5.41, 5.74) is 24.6. The maximum absolute atomic E-state index is 13.6. The van der Waals surface area contributed by atoms with E-state index in [0.29, 0.717) is 68.3 Å². The molecule has 24 aromatic rings. The van der Waals surface area contributed by atoms with Crippen molar-refractivity contribution in [3.8, 4) is 109 Å². The van der Waals surface area contributed by atoms with Crippen LogP contribution in [0.5, 0.6) is 5.75 Å². The van der Waals surface area contributed by atoms with Gasteiger partial charge in [0.1, 0.15) is 122 Å². The third-order valence-corrected chi connectivity index (χ3v) is 28.5. The van der Waals surface area contributed by atoms with E-state index in [1.165, 1.54) is 43.0 Å². The van der Waals surface area contributed by atoms with Gasteiger partial charge in [-0.3, -0.25) is 4.79 Å². The number of benzene rings is 6. The molecule has 0 amide bonds. The summed E-state index contributed by atoms with van der Waals surface area (Å²) in [6, 6.07) is 73.9. The van der Waals surface area contributed by atoms with Crippen LogP contribution in [0.1, 0.15) is 57.8 Å². The molecule has 0 saturated heterocycles. The van der Waals surface area contributed by atoms with E-state index in [-0.39, 0.29) is 27.1 Å². The number of aromatic nitrogens is 18. The summed E-state index contributed by atoms with van der Waals surface area (Å²) in [5, 5.41) is 65.7. The molecule has 6 N–H and O–H groups in total. The number of methoxy groups -OCH3 is 1. The van der Waals surface area contributed by atoms with E-state index in [1.807, 2.05) is 134 Å². The van der Waals surface area contributed by atoms with Crippen LogP contribution in [0.2, 0.25) is 5.02 Å². The number of H-pyrrole nitrogens is 6. The number of ketones is 1. The summed E-state index contributed by atoms with van der Waals surface area (Å²) in [5.74, 6) is 0.593. The number of carbonyl (C=O) groups excluding carboxylic acids is 1. The first kappa shape index (κ1) is 99.1. The SMILES string of the molecule is CC(=O)Cc1ccc(-c2cnc3[nH]c4cnc(C#N)cc4c3c2)cc1.CN(C)S(=O)(=O)c1ccc(-c2cnc3[nH]c4cnc(C#N)cc4c3c2)cc1.COc1cc(Cl)cc(-c2cnc3[nH]c4cnc(C#N)cc4c3c2)c1.CS(=O)(=O)Cc1ccc(-c2cnc3[nH]c4cnc(C#N)cc4c3c2)cc1.CS(=O)(=O)c1cccc(-c2cnc3[nH]c4cnc(C#N)cc4c3c2)c1.Cc1cc(F)cc(-c2cnc3[nH]c4cnc(C#N)cc4c3c2)c1. The van der Waals surface area contributed by atoms with Crippen LogP contribution in [0.15, 0.2) is 290 Å². The predicted octanol–water partition coefficient (Wildman–Crippen LogP) is 21.3. The Labute approximate surface area is 858 Å². The standard InChI is InChI=1S/C20H14N4O.C19H15N5O2S.C19H14N4O2S.C18H11ClN4O.C18H11FN4.C18H12N4O2S/c1-12(25)6-13-2-4-14(5-3-13)15-7-18-17-8-16(9-21)22-11-19(17)24-20(18)23-10-15;1-24(2)27(25,26)15-5-3-12(4-6-15)13-7-17-16-8-14(9-20)21-11-18(16)23-19(17)22-10-13;1-26(24,25)11-12-2-4-13(5-3-12)14-6-17-16-7-15(8-20)21-10-18(16)23-19(17)22-9-14;1-24-14-3-10(2-12(19)5-14)11-4-16-15-6-13(7-20)21-9-17(15)23-18(16)22-8-11;1-10-2-11(4-13(19)3-10)12-5-16-15-6-14(7-20)21-9-17(15)23-18(16)22-8-12;1-25(23,24)14-4-2-3-11(5-14)12-6-16-15-7-13(8-19)20-10-17(15)22-18(16)21-9-12/h2-5,7-8,10-11H,6H2,1H3,(H,23,24);3-8,10-11H,1-2H3,(H,22,23);2-7,9-10H,11H2,1H3,(H,22,23);2-6,8-9H,1H3,(H,22,23);2-6,8-9H,1H3,(H,22,23);2-7,9-10H,1H3,(H,21,22). The van der Waals surface area contributed by atoms with Gasteiger partial charge >= 0.3 is 0 Å². The zero-order chi connectivity index (χ0) is 105. The Morgan fingerprint density at radius 2 is 0.647 bits per heavy atom. The highest BCUT2D eigenvalue weighted by molar-refractivity contribution is 7.90. The van der Waals surface area contributed by atoms with Crippen LogP contribution in [-0.2, 0) is 46.7 Å². The number of aromatic amines is 6. The fourth-order valence-electron chi connectivity index (χ4n) is 17.2. The first-order valence-corrected chi connectivity index (χ1v) is 51.4. The van der Waals surface area contributed by atoms with Gasteiger partial charge in [0, 0.05) is 173 Å². The number of rotatable bonds is 14. The number of aryl methyl sites for hydroxylation is 1. The van der Waals surface area contributed by atoms with Gasteiger partial charge in [0.05, 0.1) is 92.9 Å². The van der Waals surface area contributed by atoms with Crippen LogP contribution in [0.4, 0.5) is 4.39 Å². The normalized spacial score (nSPS) is 11.4. The molecule has 38 heteroatoms. The number of carbonyl (C=O) groups is 1. The van der Waals surface area contributed by atoms with Crippen molar-refractivity contribution in [2.75, 3.05) is 33.7 Å². The average Bonchev–Trinajstić information content (AvgIpc) is 1.63. The largest absolute Gasteiger partial charge is 0.497 e. The van der Waals surface area contributed by atoms with Crippen molar-refractivity contribution in [2.24, 2.45) is 0 Å². The monoisotopic (exact) mass is 2050 g/mol. The Morgan fingerprint density at radius 1 is 0.340 bits per heavy atom. The Hall–Kier alpha value is -19.6. The number of Topliss-reactive ketones (excluding diaryl/α,β-unsaturated/α-hetero) is 1. The van der Waals surface area contributed by atoms with Crippen molar-refractivity contribution in [2.45, 2.75) is 35.8 Å². The molecule has 0 saturated carbocycles. The number of hydrogen-bond donors (Lipinski definition) is 6. The molecule has 24 rings (SSSR count). The van der Waals surface area contributed by atoms with Crippen LogP contribution >= 0.6 is 11.6 Å². The van der Waals surface area contributed by atoms with Gasteiger partial charge in [-0.1, -0.05) is 90.5 Å². The first-order chi connectivity index (χ1) is 72.2. The number of halogens is 2. The predicted molar refractivity (Wildman–Crippen MR) is 572 cm³/mol. The van der Waals surface area contributed by atoms with Crippen LogP contribution in [-0.4, -0.2) is 159 Å². The third kappa shape index (κ3) is 21.2. The molecule has 6 aromatic carbocycles. The molecule has 33 nitrogen and oxygen atoms in total. The number of sulfonamides is 1. The molecule has 730 valence electrons. The second kappa shape index (κ2) is 41.2. The lowest BCUT2D eigenvalue weighted by molar-refractivity contribution is -0.116. The molecule has 0 spiro atoms. The molecule has 18 heterocycles. The second-order valence-electron chi connectivity index (χ2n) is 35.2. The second-order valence-corrected chi connectivity index (χ2v) is 41.9. The Bertz CT molecular complexity index is 10300. The number of sulfone groups is 2. The molecule has 0 aliphatic rings. The van der Waals surface area contributed by atoms with Crippen molar-refractivity contribution in [1.82, 2.24) is 94.0 Å². The van der Waals surface area contributed by atoms with Crippen LogP contribution in [0.25, 0.3) is 198 Å². The number of ether oxygens (including phenoxy) is 1.